The standard InChI is InChI=1S/C13H15Cl2N3O/c1-8(2)7-16-13-18-17-12(19-13)6-9-3-4-10(14)11(15)5-9/h3-5,8H,6-7H2,1-2H3,(H,16,18). The van der Waals surface area contributed by atoms with Gasteiger partial charge in [-0.2, -0.15) is 0 Å². The molecule has 0 amide bonds. The van der Waals surface area contributed by atoms with Gasteiger partial charge < -0.3 is 9.73 Å². The zero-order valence-electron chi connectivity index (χ0n) is 10.8. The van der Waals surface area contributed by atoms with Crippen molar-refractivity contribution in [3.63, 3.8) is 0 Å². The van der Waals surface area contributed by atoms with E-state index in [-0.39, 0.29) is 0 Å². The molecule has 0 aliphatic carbocycles. The van der Waals surface area contributed by atoms with Gasteiger partial charge in [-0.3, -0.25) is 0 Å². The van der Waals surface area contributed by atoms with E-state index in [1.54, 1.807) is 12.1 Å². The van der Waals surface area contributed by atoms with Crippen LogP contribution in [0.3, 0.4) is 0 Å². The summed E-state index contributed by atoms with van der Waals surface area (Å²) in [5.41, 5.74) is 0.980. The Hall–Kier alpha value is -1.26. The second-order valence-corrected chi connectivity index (χ2v) is 5.52. The maximum absolute atomic E-state index is 5.96. The third-order valence-electron chi connectivity index (χ3n) is 2.47. The lowest BCUT2D eigenvalue weighted by Gasteiger charge is -2.03. The minimum absolute atomic E-state index is 0.448. The maximum atomic E-state index is 5.96. The first-order valence-electron chi connectivity index (χ1n) is 6.05. The van der Waals surface area contributed by atoms with E-state index in [1.807, 2.05) is 6.07 Å². The van der Waals surface area contributed by atoms with Crippen LogP contribution in [-0.4, -0.2) is 16.7 Å². The maximum Gasteiger partial charge on any atom is 0.315 e. The normalized spacial score (nSPS) is 11.0. The van der Waals surface area contributed by atoms with E-state index in [4.69, 9.17) is 27.6 Å². The molecule has 1 heterocycles. The highest BCUT2D eigenvalue weighted by atomic mass is 35.5. The van der Waals surface area contributed by atoms with Crippen LogP contribution in [0.5, 0.6) is 0 Å². The van der Waals surface area contributed by atoms with Crippen LogP contribution in [0.25, 0.3) is 0 Å². The number of nitrogens with one attached hydrogen (secondary N) is 1. The number of hydrogen-bond acceptors (Lipinski definition) is 4. The highest BCUT2D eigenvalue weighted by Gasteiger charge is 2.08. The largest absolute Gasteiger partial charge is 0.408 e. The lowest BCUT2D eigenvalue weighted by Crippen LogP contribution is -2.07. The average Bonchev–Trinajstić information content (AvgIpc) is 2.79. The van der Waals surface area contributed by atoms with E-state index in [2.05, 4.69) is 29.4 Å². The van der Waals surface area contributed by atoms with Gasteiger partial charge in [0.05, 0.1) is 16.5 Å². The Morgan fingerprint density at radius 1 is 1.21 bits per heavy atom. The molecule has 102 valence electrons. The number of anilines is 1. The number of halogens is 2. The van der Waals surface area contributed by atoms with Crippen molar-refractivity contribution in [3.05, 3.63) is 39.7 Å². The van der Waals surface area contributed by atoms with Gasteiger partial charge in [-0.25, -0.2) is 0 Å². The Morgan fingerprint density at radius 2 is 2.00 bits per heavy atom. The fourth-order valence-corrected chi connectivity index (χ4v) is 1.83. The van der Waals surface area contributed by atoms with Gasteiger partial charge in [-0.15, -0.1) is 5.10 Å². The first-order valence-corrected chi connectivity index (χ1v) is 6.80. The monoisotopic (exact) mass is 299 g/mol. The molecule has 0 saturated heterocycles. The number of aromatic nitrogens is 2. The second kappa shape index (κ2) is 6.26. The first kappa shape index (κ1) is 14.2. The smallest absolute Gasteiger partial charge is 0.315 e. The fraction of sp³-hybridized carbons (Fsp3) is 0.385. The molecule has 0 aliphatic rings. The van der Waals surface area contributed by atoms with Gasteiger partial charge in [0.2, 0.25) is 5.89 Å². The highest BCUT2D eigenvalue weighted by Crippen LogP contribution is 2.23. The van der Waals surface area contributed by atoms with Gasteiger partial charge in [0.1, 0.15) is 0 Å². The van der Waals surface area contributed by atoms with Gasteiger partial charge in [0.25, 0.3) is 0 Å². The van der Waals surface area contributed by atoms with Crippen molar-refractivity contribution in [1.82, 2.24) is 10.2 Å². The molecule has 0 saturated carbocycles. The molecule has 4 nitrogen and oxygen atoms in total. The van der Waals surface area contributed by atoms with Crippen molar-refractivity contribution in [2.45, 2.75) is 20.3 Å². The first-order chi connectivity index (χ1) is 9.04. The summed E-state index contributed by atoms with van der Waals surface area (Å²) < 4.78 is 5.50. The van der Waals surface area contributed by atoms with Crippen LogP contribution in [-0.2, 0) is 6.42 Å². The van der Waals surface area contributed by atoms with Crippen molar-refractivity contribution in [2.24, 2.45) is 5.92 Å². The molecule has 0 fully saturated rings. The molecule has 0 aliphatic heterocycles. The van der Waals surface area contributed by atoms with Gasteiger partial charge in [0, 0.05) is 6.54 Å². The van der Waals surface area contributed by atoms with Crippen LogP contribution in [0.1, 0.15) is 25.3 Å². The Kier molecular flexibility index (Phi) is 4.66. The summed E-state index contributed by atoms with van der Waals surface area (Å²) in [5.74, 6) is 1.06. The highest BCUT2D eigenvalue weighted by molar-refractivity contribution is 6.42. The summed E-state index contributed by atoms with van der Waals surface area (Å²) in [5, 5.41) is 12.1. The third kappa shape index (κ3) is 4.11. The van der Waals surface area contributed by atoms with Gasteiger partial charge >= 0.3 is 6.01 Å². The molecule has 0 radical (unpaired) electrons. The predicted octanol–water partition coefficient (Wildman–Crippen LogP) is 4.04. The number of benzene rings is 1. The topological polar surface area (TPSA) is 51.0 Å². The molecule has 0 spiro atoms. The summed E-state index contributed by atoms with van der Waals surface area (Å²) in [7, 11) is 0. The molecular weight excluding hydrogens is 285 g/mol. The summed E-state index contributed by atoms with van der Waals surface area (Å²) in [6, 6.07) is 5.89. The minimum atomic E-state index is 0.448. The van der Waals surface area contributed by atoms with E-state index in [0.717, 1.165) is 12.1 Å². The van der Waals surface area contributed by atoms with Gasteiger partial charge in [-0.1, -0.05) is 48.2 Å². The molecule has 1 N–H and O–H groups in total. The van der Waals surface area contributed by atoms with E-state index in [0.29, 0.717) is 34.3 Å². The fourth-order valence-electron chi connectivity index (χ4n) is 1.51. The molecule has 0 atom stereocenters. The molecule has 19 heavy (non-hydrogen) atoms. The quantitative estimate of drug-likeness (QED) is 0.905. The minimum Gasteiger partial charge on any atom is -0.408 e. The lowest BCUT2D eigenvalue weighted by atomic mass is 10.1. The molecule has 0 bridgehead atoms. The van der Waals surface area contributed by atoms with E-state index in [9.17, 15) is 0 Å². The number of rotatable bonds is 5. The van der Waals surface area contributed by atoms with Crippen LogP contribution in [0.4, 0.5) is 6.01 Å². The van der Waals surface area contributed by atoms with E-state index in [1.165, 1.54) is 0 Å². The lowest BCUT2D eigenvalue weighted by molar-refractivity contribution is 0.511. The van der Waals surface area contributed by atoms with Crippen molar-refractivity contribution >= 4 is 29.2 Å². The average molecular weight is 300 g/mol. The summed E-state index contributed by atoms with van der Waals surface area (Å²) >= 11 is 11.8. The van der Waals surface area contributed by atoms with Crippen LogP contribution >= 0.6 is 23.2 Å². The van der Waals surface area contributed by atoms with E-state index < -0.39 is 0 Å². The van der Waals surface area contributed by atoms with Gasteiger partial charge in [0.15, 0.2) is 0 Å². The summed E-state index contributed by atoms with van der Waals surface area (Å²) in [6.07, 6.45) is 0.535. The predicted molar refractivity (Wildman–Crippen MR) is 76.9 cm³/mol. The SMILES string of the molecule is CC(C)CNc1nnc(Cc2ccc(Cl)c(Cl)c2)o1. The van der Waals surface area contributed by atoms with Crippen LogP contribution < -0.4 is 5.32 Å². The van der Waals surface area contributed by atoms with Crippen LogP contribution in [0.15, 0.2) is 22.6 Å². The van der Waals surface area contributed by atoms with Gasteiger partial charge in [-0.05, 0) is 23.6 Å². The Morgan fingerprint density at radius 3 is 2.68 bits per heavy atom. The third-order valence-corrected chi connectivity index (χ3v) is 3.21. The van der Waals surface area contributed by atoms with Crippen LogP contribution in [0, 0.1) is 5.92 Å². The molecule has 0 unspecified atom stereocenters. The Balaban J connectivity index is 2.01. The number of nitrogens with zero attached hydrogens (tertiary/aromatic N) is 2. The van der Waals surface area contributed by atoms with Crippen molar-refractivity contribution in [3.8, 4) is 0 Å². The second-order valence-electron chi connectivity index (χ2n) is 4.70. The molecule has 2 rings (SSSR count). The summed E-state index contributed by atoms with van der Waals surface area (Å²) in [6.45, 7) is 5.02. The number of hydrogen-bond donors (Lipinski definition) is 1. The molecular formula is C13H15Cl2N3O. The van der Waals surface area contributed by atoms with Crippen LogP contribution in [0.2, 0.25) is 10.0 Å². The summed E-state index contributed by atoms with van der Waals surface area (Å²) in [4.78, 5) is 0. The zero-order chi connectivity index (χ0) is 13.8. The molecule has 6 heteroatoms. The van der Waals surface area contributed by atoms with E-state index >= 15 is 0 Å². The Labute approximate surface area is 122 Å². The van der Waals surface area contributed by atoms with Crippen molar-refractivity contribution in [1.29, 1.82) is 0 Å². The van der Waals surface area contributed by atoms with Crippen molar-refractivity contribution < 1.29 is 4.42 Å². The molecule has 2 aromatic rings. The zero-order valence-corrected chi connectivity index (χ0v) is 12.3. The molecule has 1 aromatic carbocycles. The van der Waals surface area contributed by atoms with Crippen molar-refractivity contribution in [2.75, 3.05) is 11.9 Å². The Bertz CT molecular complexity index is 555. The molecule has 1 aromatic heterocycles.